The number of aliphatic hydroxyl groups is 1. The first kappa shape index (κ1) is 17.0. The quantitative estimate of drug-likeness (QED) is 0.803. The van der Waals surface area contributed by atoms with Crippen LogP contribution in [0.15, 0.2) is 24.3 Å². The van der Waals surface area contributed by atoms with Gasteiger partial charge in [-0.15, -0.1) is 0 Å². The highest BCUT2D eigenvalue weighted by atomic mass is 16.5. The van der Waals surface area contributed by atoms with Crippen LogP contribution >= 0.6 is 0 Å². The fourth-order valence-electron chi connectivity index (χ4n) is 2.55. The Bertz CT molecular complexity index is 396. The van der Waals surface area contributed by atoms with Gasteiger partial charge in [0.05, 0.1) is 12.7 Å². The maximum Gasteiger partial charge on any atom is 0.118 e. The average molecular weight is 280 g/mol. The van der Waals surface area contributed by atoms with Gasteiger partial charge in [0, 0.05) is 18.6 Å². The second kappa shape index (κ2) is 7.07. The standard InChI is InChI=1S/C16H28N2O2/c1-6-18(11-16(3,4)19)15(12(2)17)13-7-9-14(20-5)10-8-13/h7-10,12,15,19H,6,11,17H2,1-5H3. The van der Waals surface area contributed by atoms with Crippen LogP contribution in [0.1, 0.15) is 39.3 Å². The molecule has 4 nitrogen and oxygen atoms in total. The summed E-state index contributed by atoms with van der Waals surface area (Å²) >= 11 is 0. The van der Waals surface area contributed by atoms with Gasteiger partial charge in [0.1, 0.15) is 5.75 Å². The molecule has 0 spiro atoms. The van der Waals surface area contributed by atoms with Crippen LogP contribution in [0.5, 0.6) is 5.75 Å². The molecule has 1 aromatic carbocycles. The topological polar surface area (TPSA) is 58.7 Å². The maximum atomic E-state index is 10.1. The number of hydrogen-bond acceptors (Lipinski definition) is 4. The van der Waals surface area contributed by atoms with Crippen LogP contribution in [0, 0.1) is 0 Å². The lowest BCUT2D eigenvalue weighted by molar-refractivity contribution is 0.0187. The zero-order valence-electron chi connectivity index (χ0n) is 13.3. The minimum atomic E-state index is -0.740. The molecule has 2 atom stereocenters. The first-order valence-corrected chi connectivity index (χ1v) is 7.14. The molecule has 0 aliphatic heterocycles. The zero-order chi connectivity index (χ0) is 15.3. The number of nitrogens with zero attached hydrogens (tertiary/aromatic N) is 1. The van der Waals surface area contributed by atoms with Gasteiger partial charge in [-0.1, -0.05) is 19.1 Å². The van der Waals surface area contributed by atoms with Crippen molar-refractivity contribution in [2.24, 2.45) is 5.73 Å². The normalized spacial score (nSPS) is 15.2. The van der Waals surface area contributed by atoms with Gasteiger partial charge < -0.3 is 15.6 Å². The fourth-order valence-corrected chi connectivity index (χ4v) is 2.55. The SMILES string of the molecule is CCN(CC(C)(C)O)C(c1ccc(OC)cc1)C(C)N. The van der Waals surface area contributed by atoms with E-state index in [4.69, 9.17) is 10.5 Å². The molecule has 0 fully saturated rings. The van der Waals surface area contributed by atoms with E-state index in [1.165, 1.54) is 0 Å². The number of likely N-dealkylation sites (N-methyl/N-ethyl adjacent to an activating group) is 1. The summed E-state index contributed by atoms with van der Waals surface area (Å²) in [5, 5.41) is 10.1. The molecule has 0 radical (unpaired) electrons. The minimum absolute atomic E-state index is 0.0225. The Hall–Kier alpha value is -1.10. The van der Waals surface area contributed by atoms with Crippen molar-refractivity contribution >= 4 is 0 Å². The van der Waals surface area contributed by atoms with E-state index in [2.05, 4.69) is 11.8 Å². The van der Waals surface area contributed by atoms with Crippen molar-refractivity contribution in [3.63, 3.8) is 0 Å². The highest BCUT2D eigenvalue weighted by Crippen LogP contribution is 2.26. The summed E-state index contributed by atoms with van der Waals surface area (Å²) < 4.78 is 5.19. The van der Waals surface area contributed by atoms with E-state index in [1.807, 2.05) is 45.0 Å². The predicted molar refractivity (Wildman–Crippen MR) is 82.9 cm³/mol. The summed E-state index contributed by atoms with van der Waals surface area (Å²) in [7, 11) is 1.66. The Morgan fingerprint density at radius 2 is 1.85 bits per heavy atom. The van der Waals surface area contributed by atoms with E-state index < -0.39 is 5.60 Å². The van der Waals surface area contributed by atoms with Gasteiger partial charge in [-0.3, -0.25) is 4.90 Å². The number of ether oxygens (including phenoxy) is 1. The van der Waals surface area contributed by atoms with Crippen LogP contribution in [0.3, 0.4) is 0 Å². The van der Waals surface area contributed by atoms with E-state index in [-0.39, 0.29) is 12.1 Å². The first-order chi connectivity index (χ1) is 9.28. The van der Waals surface area contributed by atoms with Gasteiger partial charge in [0.15, 0.2) is 0 Å². The largest absolute Gasteiger partial charge is 0.497 e. The van der Waals surface area contributed by atoms with E-state index in [0.717, 1.165) is 17.9 Å². The maximum absolute atomic E-state index is 10.1. The lowest BCUT2D eigenvalue weighted by Crippen LogP contribution is -2.45. The second-order valence-corrected chi connectivity index (χ2v) is 5.95. The van der Waals surface area contributed by atoms with Crippen molar-refractivity contribution in [1.82, 2.24) is 4.90 Å². The molecule has 0 saturated heterocycles. The molecular formula is C16H28N2O2. The second-order valence-electron chi connectivity index (χ2n) is 5.95. The number of benzene rings is 1. The summed E-state index contributed by atoms with van der Waals surface area (Å²) in [6.07, 6.45) is 0. The van der Waals surface area contributed by atoms with Gasteiger partial charge in [-0.05, 0) is 45.0 Å². The average Bonchev–Trinajstić information content (AvgIpc) is 2.36. The molecule has 20 heavy (non-hydrogen) atoms. The summed E-state index contributed by atoms with van der Waals surface area (Å²) in [6, 6.07) is 8.04. The van der Waals surface area contributed by atoms with Crippen molar-refractivity contribution in [3.05, 3.63) is 29.8 Å². The Kier molecular flexibility index (Phi) is 5.99. The van der Waals surface area contributed by atoms with Crippen LogP contribution in [0.25, 0.3) is 0 Å². The molecule has 0 bridgehead atoms. The smallest absolute Gasteiger partial charge is 0.118 e. The van der Waals surface area contributed by atoms with Crippen molar-refractivity contribution in [2.45, 2.75) is 45.4 Å². The number of hydrogen-bond donors (Lipinski definition) is 2. The number of methoxy groups -OCH3 is 1. The van der Waals surface area contributed by atoms with Crippen molar-refractivity contribution < 1.29 is 9.84 Å². The molecule has 0 heterocycles. The molecule has 1 aromatic rings. The monoisotopic (exact) mass is 280 g/mol. The van der Waals surface area contributed by atoms with E-state index in [0.29, 0.717) is 6.54 Å². The van der Waals surface area contributed by atoms with E-state index >= 15 is 0 Å². The lowest BCUT2D eigenvalue weighted by Gasteiger charge is -2.37. The summed E-state index contributed by atoms with van der Waals surface area (Å²) in [5.74, 6) is 0.836. The van der Waals surface area contributed by atoms with Crippen LogP contribution in [0.2, 0.25) is 0 Å². The van der Waals surface area contributed by atoms with Gasteiger partial charge in [-0.25, -0.2) is 0 Å². The van der Waals surface area contributed by atoms with Crippen LogP contribution in [0.4, 0.5) is 0 Å². The van der Waals surface area contributed by atoms with Gasteiger partial charge >= 0.3 is 0 Å². The molecule has 4 heteroatoms. The molecule has 114 valence electrons. The Balaban J connectivity index is 3.01. The molecule has 0 aromatic heterocycles. The highest BCUT2D eigenvalue weighted by Gasteiger charge is 2.27. The summed E-state index contributed by atoms with van der Waals surface area (Å²) in [5.41, 5.74) is 6.58. The summed E-state index contributed by atoms with van der Waals surface area (Å²) in [6.45, 7) is 9.15. The first-order valence-electron chi connectivity index (χ1n) is 7.14. The Labute approximate surface area is 122 Å². The molecule has 0 aliphatic rings. The predicted octanol–water partition coefficient (Wildman–Crippen LogP) is 2.18. The number of nitrogens with two attached hydrogens (primary N) is 1. The van der Waals surface area contributed by atoms with Crippen molar-refractivity contribution in [1.29, 1.82) is 0 Å². The number of rotatable bonds is 7. The van der Waals surface area contributed by atoms with Crippen LogP contribution < -0.4 is 10.5 Å². The molecule has 3 N–H and O–H groups in total. The lowest BCUT2D eigenvalue weighted by atomic mass is 9.97. The molecule has 1 rings (SSSR count). The van der Waals surface area contributed by atoms with Gasteiger partial charge in [0.25, 0.3) is 0 Å². The highest BCUT2D eigenvalue weighted by molar-refractivity contribution is 5.30. The third kappa shape index (κ3) is 4.78. The zero-order valence-corrected chi connectivity index (χ0v) is 13.3. The fraction of sp³-hybridized carbons (Fsp3) is 0.625. The van der Waals surface area contributed by atoms with Gasteiger partial charge in [0.2, 0.25) is 0 Å². The Morgan fingerprint density at radius 3 is 2.20 bits per heavy atom. The Morgan fingerprint density at radius 1 is 1.30 bits per heavy atom. The molecule has 0 saturated carbocycles. The van der Waals surface area contributed by atoms with E-state index in [9.17, 15) is 5.11 Å². The van der Waals surface area contributed by atoms with Crippen LogP contribution in [-0.2, 0) is 0 Å². The van der Waals surface area contributed by atoms with Crippen molar-refractivity contribution in [2.75, 3.05) is 20.2 Å². The van der Waals surface area contributed by atoms with Crippen LogP contribution in [-0.4, -0.2) is 41.8 Å². The van der Waals surface area contributed by atoms with Crippen molar-refractivity contribution in [3.8, 4) is 5.75 Å². The third-order valence-corrected chi connectivity index (χ3v) is 3.34. The molecule has 0 aliphatic carbocycles. The molecular weight excluding hydrogens is 252 g/mol. The summed E-state index contributed by atoms with van der Waals surface area (Å²) in [4.78, 5) is 2.21. The van der Waals surface area contributed by atoms with E-state index in [1.54, 1.807) is 7.11 Å². The minimum Gasteiger partial charge on any atom is -0.497 e. The van der Waals surface area contributed by atoms with Gasteiger partial charge in [-0.2, -0.15) is 0 Å². The molecule has 0 amide bonds. The molecule has 2 unspecified atom stereocenters. The third-order valence-electron chi connectivity index (χ3n) is 3.34.